The van der Waals surface area contributed by atoms with Gasteiger partial charge in [-0.2, -0.15) is 0 Å². The van der Waals surface area contributed by atoms with Crippen LogP contribution in [0.15, 0.2) is 12.1 Å². The van der Waals surface area contributed by atoms with Crippen molar-refractivity contribution in [3.63, 3.8) is 0 Å². The topological polar surface area (TPSA) is 68.5 Å². The van der Waals surface area contributed by atoms with Crippen molar-refractivity contribution in [3.05, 3.63) is 23.9 Å². The molecule has 1 aliphatic heterocycles. The van der Waals surface area contributed by atoms with Gasteiger partial charge in [-0.3, -0.25) is 4.79 Å². The minimum Gasteiger partial charge on any atom is -0.380 e. The van der Waals surface area contributed by atoms with Crippen molar-refractivity contribution < 1.29 is 9.53 Å². The molecule has 2 heterocycles. The van der Waals surface area contributed by atoms with E-state index in [1.54, 1.807) is 6.07 Å². The molecule has 0 saturated carbocycles. The van der Waals surface area contributed by atoms with E-state index in [4.69, 9.17) is 10.5 Å². The first kappa shape index (κ1) is 10.9. The monoisotopic (exact) mass is 220 g/mol. The third-order valence-electron chi connectivity index (χ3n) is 2.46. The van der Waals surface area contributed by atoms with Gasteiger partial charge >= 0.3 is 0 Å². The Kier molecular flexibility index (Phi) is 3.36. The number of carbonyl (C=O) groups is 1. The van der Waals surface area contributed by atoms with E-state index >= 15 is 0 Å². The Morgan fingerprint density at radius 1 is 1.50 bits per heavy atom. The molecule has 0 aliphatic carbocycles. The Morgan fingerprint density at radius 3 is 3.19 bits per heavy atom. The molecule has 1 saturated heterocycles. The summed E-state index contributed by atoms with van der Waals surface area (Å²) in [6.45, 7) is 3.13. The van der Waals surface area contributed by atoms with Gasteiger partial charge in [0.15, 0.2) is 0 Å². The SMILES string of the molecule is NC(=O)c1[c]ccc(N2CCCOCC2)n1. The standard InChI is InChI=1S/C11H14N3O2/c12-11(15)9-3-1-4-10(13-9)14-5-2-7-16-8-6-14/h1,4H,2,5-8H2,(H2,12,15). The van der Waals surface area contributed by atoms with Crippen LogP contribution in [-0.2, 0) is 4.74 Å². The second-order valence-corrected chi connectivity index (χ2v) is 3.61. The number of aromatic nitrogens is 1. The molecule has 5 heteroatoms. The van der Waals surface area contributed by atoms with Gasteiger partial charge in [-0.25, -0.2) is 4.98 Å². The number of amides is 1. The molecule has 1 fully saturated rings. The van der Waals surface area contributed by atoms with Gasteiger partial charge in [0.25, 0.3) is 5.91 Å². The molecule has 0 atom stereocenters. The van der Waals surface area contributed by atoms with E-state index in [1.807, 2.05) is 6.07 Å². The van der Waals surface area contributed by atoms with Crippen molar-refractivity contribution in [1.82, 2.24) is 4.98 Å². The Hall–Kier alpha value is -1.62. The number of pyridine rings is 1. The molecule has 16 heavy (non-hydrogen) atoms. The van der Waals surface area contributed by atoms with Crippen molar-refractivity contribution in [2.24, 2.45) is 5.73 Å². The molecule has 1 aliphatic rings. The normalized spacial score (nSPS) is 16.9. The summed E-state index contributed by atoms with van der Waals surface area (Å²) in [6, 6.07) is 6.23. The molecule has 1 aromatic rings. The van der Waals surface area contributed by atoms with Crippen LogP contribution in [0.3, 0.4) is 0 Å². The Morgan fingerprint density at radius 2 is 2.38 bits per heavy atom. The molecule has 0 spiro atoms. The van der Waals surface area contributed by atoms with Crippen LogP contribution in [0.5, 0.6) is 0 Å². The lowest BCUT2D eigenvalue weighted by Crippen LogP contribution is -2.27. The van der Waals surface area contributed by atoms with Gasteiger partial charge in [0.05, 0.1) is 6.61 Å². The zero-order valence-electron chi connectivity index (χ0n) is 8.98. The molecule has 1 radical (unpaired) electrons. The van der Waals surface area contributed by atoms with Crippen LogP contribution >= 0.6 is 0 Å². The predicted octanol–water partition coefficient (Wildman–Crippen LogP) is 0.207. The maximum Gasteiger partial charge on any atom is 0.268 e. The molecule has 0 bridgehead atoms. The lowest BCUT2D eigenvalue weighted by Gasteiger charge is -2.20. The van der Waals surface area contributed by atoms with Crippen molar-refractivity contribution in [3.8, 4) is 0 Å². The lowest BCUT2D eigenvalue weighted by atomic mass is 10.3. The zero-order valence-corrected chi connectivity index (χ0v) is 8.98. The largest absolute Gasteiger partial charge is 0.380 e. The summed E-state index contributed by atoms with van der Waals surface area (Å²) in [4.78, 5) is 17.3. The molecule has 85 valence electrons. The highest BCUT2D eigenvalue weighted by Gasteiger charge is 2.12. The highest BCUT2D eigenvalue weighted by molar-refractivity contribution is 5.90. The summed E-state index contributed by atoms with van der Waals surface area (Å²) in [6.07, 6.45) is 0.964. The number of primary amides is 1. The number of carbonyl (C=O) groups excluding carboxylic acids is 1. The highest BCUT2D eigenvalue weighted by atomic mass is 16.5. The van der Waals surface area contributed by atoms with Crippen LogP contribution < -0.4 is 10.6 Å². The number of nitrogens with zero attached hydrogens (tertiary/aromatic N) is 2. The second kappa shape index (κ2) is 4.94. The quantitative estimate of drug-likeness (QED) is 0.773. The van der Waals surface area contributed by atoms with E-state index < -0.39 is 5.91 Å². The van der Waals surface area contributed by atoms with Gasteiger partial charge in [0.2, 0.25) is 0 Å². The molecule has 1 aromatic heterocycles. The number of ether oxygens (including phenoxy) is 1. The van der Waals surface area contributed by atoms with Crippen LogP contribution in [0.4, 0.5) is 5.82 Å². The van der Waals surface area contributed by atoms with Crippen LogP contribution in [0.1, 0.15) is 16.9 Å². The molecule has 2 rings (SSSR count). The molecule has 5 nitrogen and oxygen atoms in total. The zero-order chi connectivity index (χ0) is 11.4. The number of hydrogen-bond donors (Lipinski definition) is 1. The van der Waals surface area contributed by atoms with Crippen molar-refractivity contribution in [1.29, 1.82) is 0 Å². The van der Waals surface area contributed by atoms with Crippen molar-refractivity contribution in [2.45, 2.75) is 6.42 Å². The van der Waals surface area contributed by atoms with E-state index in [0.29, 0.717) is 6.61 Å². The molecular weight excluding hydrogens is 206 g/mol. The first-order valence-corrected chi connectivity index (χ1v) is 5.28. The van der Waals surface area contributed by atoms with Gasteiger partial charge < -0.3 is 15.4 Å². The van der Waals surface area contributed by atoms with Gasteiger partial charge in [-0.1, -0.05) is 0 Å². The third-order valence-corrected chi connectivity index (χ3v) is 2.46. The number of nitrogens with two attached hydrogens (primary N) is 1. The first-order valence-electron chi connectivity index (χ1n) is 5.28. The van der Waals surface area contributed by atoms with Crippen molar-refractivity contribution >= 4 is 11.7 Å². The second-order valence-electron chi connectivity index (χ2n) is 3.61. The van der Waals surface area contributed by atoms with Gasteiger partial charge in [0, 0.05) is 25.8 Å². The molecule has 0 unspecified atom stereocenters. The van der Waals surface area contributed by atoms with E-state index in [-0.39, 0.29) is 5.69 Å². The number of anilines is 1. The number of rotatable bonds is 2. The van der Waals surface area contributed by atoms with Crippen molar-refractivity contribution in [2.75, 3.05) is 31.2 Å². The summed E-state index contributed by atoms with van der Waals surface area (Å²) >= 11 is 0. The average molecular weight is 220 g/mol. The van der Waals surface area contributed by atoms with E-state index in [0.717, 1.165) is 31.9 Å². The fourth-order valence-corrected chi connectivity index (χ4v) is 1.66. The molecule has 1 amide bonds. The van der Waals surface area contributed by atoms with Crippen LogP contribution in [-0.4, -0.2) is 37.2 Å². The highest BCUT2D eigenvalue weighted by Crippen LogP contribution is 2.13. The smallest absolute Gasteiger partial charge is 0.268 e. The Bertz CT molecular complexity index is 373. The first-order chi connectivity index (χ1) is 7.77. The average Bonchev–Trinajstić information content (AvgIpc) is 2.57. The van der Waals surface area contributed by atoms with Gasteiger partial charge in [-0.15, -0.1) is 0 Å². The fourth-order valence-electron chi connectivity index (χ4n) is 1.66. The number of hydrogen-bond acceptors (Lipinski definition) is 4. The summed E-state index contributed by atoms with van der Waals surface area (Å²) in [5, 5.41) is 0. The summed E-state index contributed by atoms with van der Waals surface area (Å²) in [7, 11) is 0. The van der Waals surface area contributed by atoms with Gasteiger partial charge in [-0.05, 0) is 18.6 Å². The summed E-state index contributed by atoms with van der Waals surface area (Å²) in [5.41, 5.74) is 5.35. The Labute approximate surface area is 94.2 Å². The van der Waals surface area contributed by atoms with Crippen LogP contribution in [0, 0.1) is 6.07 Å². The predicted molar refractivity (Wildman–Crippen MR) is 59.2 cm³/mol. The van der Waals surface area contributed by atoms with E-state index in [9.17, 15) is 4.79 Å². The van der Waals surface area contributed by atoms with Crippen LogP contribution in [0.25, 0.3) is 0 Å². The maximum absolute atomic E-state index is 11.0. The van der Waals surface area contributed by atoms with Gasteiger partial charge in [0.1, 0.15) is 11.5 Å². The van der Waals surface area contributed by atoms with E-state index in [1.165, 1.54) is 0 Å². The van der Waals surface area contributed by atoms with Crippen LogP contribution in [0.2, 0.25) is 0 Å². The van der Waals surface area contributed by atoms with E-state index in [2.05, 4.69) is 16.0 Å². The molecule has 0 aromatic carbocycles. The minimum absolute atomic E-state index is 0.183. The summed E-state index contributed by atoms with van der Waals surface area (Å²) in [5.74, 6) is 0.214. The third kappa shape index (κ3) is 2.49. The summed E-state index contributed by atoms with van der Waals surface area (Å²) < 4.78 is 5.35. The molecule has 2 N–H and O–H groups in total. The fraction of sp³-hybridized carbons (Fsp3) is 0.455. The molecular formula is C11H14N3O2. The lowest BCUT2D eigenvalue weighted by molar-refractivity contribution is 0.0995. The minimum atomic E-state index is -0.548. The maximum atomic E-state index is 11.0. The Balaban J connectivity index is 2.18.